The van der Waals surface area contributed by atoms with E-state index in [1.54, 1.807) is 25.3 Å². The predicted octanol–water partition coefficient (Wildman–Crippen LogP) is 3.02. The Bertz CT molecular complexity index is 743. The van der Waals surface area contributed by atoms with Crippen LogP contribution in [0.25, 0.3) is 0 Å². The first-order valence-corrected chi connectivity index (χ1v) is 10.4. The van der Waals surface area contributed by atoms with Crippen LogP contribution in [-0.2, 0) is 9.53 Å². The van der Waals surface area contributed by atoms with Crippen LogP contribution in [0.4, 0.5) is 0 Å². The molecular weight excluding hydrogens is 372 g/mol. The van der Waals surface area contributed by atoms with Crippen LogP contribution in [-0.4, -0.2) is 43.4 Å². The molecule has 1 unspecified atom stereocenters. The molecule has 160 valence electrons. The average Bonchev–Trinajstić information content (AvgIpc) is 3.19. The third-order valence-corrected chi connectivity index (χ3v) is 6.02. The lowest BCUT2D eigenvalue weighted by molar-refractivity contribution is -0.131. The molecule has 2 N–H and O–H groups in total. The molecule has 1 heterocycles. The van der Waals surface area contributed by atoms with Crippen molar-refractivity contribution in [3.63, 3.8) is 0 Å². The van der Waals surface area contributed by atoms with E-state index in [-0.39, 0.29) is 36.7 Å². The van der Waals surface area contributed by atoms with E-state index in [0.29, 0.717) is 29.9 Å². The summed E-state index contributed by atoms with van der Waals surface area (Å²) in [6, 6.07) is 4.95. The number of ether oxygens (including phenoxy) is 3. The molecule has 1 aromatic carbocycles. The van der Waals surface area contributed by atoms with Crippen molar-refractivity contribution in [2.75, 3.05) is 13.9 Å². The standard InChI is InChI=1S/C22H32N2O5/c1-14(2)19(15(3)27-4)23-21(26)22(10-6-5-7-11-22)24-20(25)16-8-9-17-18(12-16)29-13-28-17/h8-9,12,14-15,19H,5-7,10-11,13H2,1-4H3,(H,23,26)(H,24,25)/t15?,19-/m0/s1. The normalized spacial score (nSPS) is 19.5. The molecule has 1 aromatic rings. The van der Waals surface area contributed by atoms with Crippen LogP contribution in [0.2, 0.25) is 0 Å². The minimum atomic E-state index is -0.910. The van der Waals surface area contributed by atoms with Gasteiger partial charge in [-0.05, 0) is 43.9 Å². The topological polar surface area (TPSA) is 85.9 Å². The summed E-state index contributed by atoms with van der Waals surface area (Å²) < 4.78 is 16.1. The fourth-order valence-corrected chi connectivity index (χ4v) is 4.15. The zero-order valence-corrected chi connectivity index (χ0v) is 17.7. The van der Waals surface area contributed by atoms with Gasteiger partial charge in [0.05, 0.1) is 12.1 Å². The molecule has 7 heteroatoms. The largest absolute Gasteiger partial charge is 0.454 e. The summed E-state index contributed by atoms with van der Waals surface area (Å²) in [5, 5.41) is 6.21. The Morgan fingerprint density at radius 3 is 2.41 bits per heavy atom. The molecule has 2 amide bonds. The second kappa shape index (κ2) is 9.03. The number of hydrogen-bond acceptors (Lipinski definition) is 5. The average molecular weight is 405 g/mol. The number of carbonyl (C=O) groups excluding carboxylic acids is 2. The number of amides is 2. The highest BCUT2D eigenvalue weighted by Crippen LogP contribution is 2.33. The lowest BCUT2D eigenvalue weighted by atomic mass is 9.80. The summed E-state index contributed by atoms with van der Waals surface area (Å²) in [6.45, 7) is 6.21. The molecule has 3 rings (SSSR count). The molecular formula is C22H32N2O5. The highest BCUT2D eigenvalue weighted by atomic mass is 16.7. The smallest absolute Gasteiger partial charge is 0.252 e. The van der Waals surface area contributed by atoms with Gasteiger partial charge in [-0.2, -0.15) is 0 Å². The van der Waals surface area contributed by atoms with Crippen LogP contribution < -0.4 is 20.1 Å². The Hall–Kier alpha value is -2.28. The molecule has 1 aliphatic carbocycles. The summed E-state index contributed by atoms with van der Waals surface area (Å²) in [5.41, 5.74) is -0.454. The number of rotatable bonds is 7. The number of methoxy groups -OCH3 is 1. The third kappa shape index (κ3) is 4.66. The first-order chi connectivity index (χ1) is 13.9. The number of benzene rings is 1. The molecule has 2 aliphatic rings. The summed E-state index contributed by atoms with van der Waals surface area (Å²) in [5.74, 6) is 0.975. The molecule has 0 spiro atoms. The monoisotopic (exact) mass is 404 g/mol. The number of nitrogens with one attached hydrogen (secondary N) is 2. The number of carbonyl (C=O) groups is 2. The van der Waals surface area contributed by atoms with E-state index in [2.05, 4.69) is 24.5 Å². The van der Waals surface area contributed by atoms with Gasteiger partial charge in [-0.3, -0.25) is 9.59 Å². The fourth-order valence-electron chi connectivity index (χ4n) is 4.15. The lowest BCUT2D eigenvalue weighted by Gasteiger charge is -2.39. The van der Waals surface area contributed by atoms with Gasteiger partial charge in [0.1, 0.15) is 5.54 Å². The fraction of sp³-hybridized carbons (Fsp3) is 0.636. The maximum atomic E-state index is 13.4. The van der Waals surface area contributed by atoms with Gasteiger partial charge in [-0.25, -0.2) is 0 Å². The molecule has 1 aliphatic heterocycles. The van der Waals surface area contributed by atoms with Crippen LogP contribution in [0.3, 0.4) is 0 Å². The first kappa shape index (κ1) is 21.4. The Morgan fingerprint density at radius 2 is 1.76 bits per heavy atom. The quantitative estimate of drug-likeness (QED) is 0.730. The van der Waals surface area contributed by atoms with E-state index in [1.165, 1.54) is 0 Å². The molecule has 1 fully saturated rings. The van der Waals surface area contributed by atoms with Crippen LogP contribution in [0, 0.1) is 5.92 Å². The molecule has 0 aromatic heterocycles. The Kier molecular flexibility index (Phi) is 6.67. The summed E-state index contributed by atoms with van der Waals surface area (Å²) in [6.07, 6.45) is 4.01. The van der Waals surface area contributed by atoms with Crippen molar-refractivity contribution in [1.29, 1.82) is 0 Å². The molecule has 29 heavy (non-hydrogen) atoms. The molecule has 2 atom stereocenters. The SMILES string of the molecule is COC(C)[C@@H](NC(=O)C1(NC(=O)c2ccc3c(c2)OCO3)CCCCC1)C(C)C. The van der Waals surface area contributed by atoms with Gasteiger partial charge >= 0.3 is 0 Å². The van der Waals surface area contributed by atoms with Crippen LogP contribution in [0.15, 0.2) is 18.2 Å². The van der Waals surface area contributed by atoms with E-state index in [0.717, 1.165) is 19.3 Å². The minimum absolute atomic E-state index is 0.121. The Morgan fingerprint density at radius 1 is 1.07 bits per heavy atom. The summed E-state index contributed by atoms with van der Waals surface area (Å²) >= 11 is 0. The van der Waals surface area contributed by atoms with Crippen LogP contribution in [0.1, 0.15) is 63.2 Å². The van der Waals surface area contributed by atoms with Crippen molar-refractivity contribution in [2.45, 2.75) is 70.6 Å². The van der Waals surface area contributed by atoms with E-state index >= 15 is 0 Å². The van der Waals surface area contributed by atoms with Gasteiger partial charge < -0.3 is 24.8 Å². The van der Waals surface area contributed by atoms with Gasteiger partial charge in [0, 0.05) is 12.7 Å². The first-order valence-electron chi connectivity index (χ1n) is 10.4. The Balaban J connectivity index is 1.79. The molecule has 7 nitrogen and oxygen atoms in total. The van der Waals surface area contributed by atoms with E-state index in [9.17, 15) is 9.59 Å². The highest BCUT2D eigenvalue weighted by molar-refractivity contribution is 5.99. The minimum Gasteiger partial charge on any atom is -0.454 e. The zero-order chi connectivity index (χ0) is 21.0. The van der Waals surface area contributed by atoms with E-state index in [1.807, 2.05) is 6.92 Å². The van der Waals surface area contributed by atoms with Gasteiger partial charge in [0.2, 0.25) is 12.7 Å². The summed E-state index contributed by atoms with van der Waals surface area (Å²) in [4.78, 5) is 26.4. The van der Waals surface area contributed by atoms with Crippen molar-refractivity contribution in [1.82, 2.24) is 10.6 Å². The van der Waals surface area contributed by atoms with Crippen LogP contribution >= 0.6 is 0 Å². The zero-order valence-electron chi connectivity index (χ0n) is 17.7. The predicted molar refractivity (Wildman–Crippen MR) is 109 cm³/mol. The lowest BCUT2D eigenvalue weighted by Crippen LogP contribution is -2.62. The van der Waals surface area contributed by atoms with Crippen molar-refractivity contribution in [3.8, 4) is 11.5 Å². The second-order valence-electron chi connectivity index (χ2n) is 8.35. The van der Waals surface area contributed by atoms with E-state index in [4.69, 9.17) is 14.2 Å². The maximum Gasteiger partial charge on any atom is 0.252 e. The second-order valence-corrected chi connectivity index (χ2v) is 8.35. The van der Waals surface area contributed by atoms with Gasteiger partial charge in [0.15, 0.2) is 11.5 Å². The van der Waals surface area contributed by atoms with Crippen molar-refractivity contribution < 1.29 is 23.8 Å². The van der Waals surface area contributed by atoms with Gasteiger partial charge in [-0.15, -0.1) is 0 Å². The van der Waals surface area contributed by atoms with Crippen molar-refractivity contribution >= 4 is 11.8 Å². The molecule has 0 bridgehead atoms. The number of fused-ring (bicyclic) bond motifs is 1. The summed E-state index contributed by atoms with van der Waals surface area (Å²) in [7, 11) is 1.64. The van der Waals surface area contributed by atoms with Gasteiger partial charge in [0.25, 0.3) is 5.91 Å². The van der Waals surface area contributed by atoms with Crippen LogP contribution in [0.5, 0.6) is 11.5 Å². The third-order valence-electron chi connectivity index (χ3n) is 6.02. The maximum absolute atomic E-state index is 13.4. The Labute approximate surface area is 172 Å². The number of hydrogen-bond donors (Lipinski definition) is 2. The van der Waals surface area contributed by atoms with Crippen molar-refractivity contribution in [2.24, 2.45) is 5.92 Å². The highest BCUT2D eigenvalue weighted by Gasteiger charge is 2.42. The van der Waals surface area contributed by atoms with Gasteiger partial charge in [-0.1, -0.05) is 33.1 Å². The van der Waals surface area contributed by atoms with E-state index < -0.39 is 5.54 Å². The van der Waals surface area contributed by atoms with Crippen molar-refractivity contribution in [3.05, 3.63) is 23.8 Å². The molecule has 0 saturated heterocycles. The molecule has 1 saturated carbocycles. The molecule has 0 radical (unpaired) electrons.